The molecule has 1 aromatic carbocycles. The molecule has 3 nitrogen and oxygen atoms in total. The summed E-state index contributed by atoms with van der Waals surface area (Å²) in [5, 5.41) is 0. The van der Waals surface area contributed by atoms with Gasteiger partial charge in [-0.2, -0.15) is 0 Å². The summed E-state index contributed by atoms with van der Waals surface area (Å²) in [6, 6.07) is 7.85. The highest BCUT2D eigenvalue weighted by molar-refractivity contribution is 5.80. The van der Waals surface area contributed by atoms with Gasteiger partial charge in [-0.3, -0.25) is 4.79 Å². The summed E-state index contributed by atoms with van der Waals surface area (Å²) in [4.78, 5) is 14.2. The van der Waals surface area contributed by atoms with Gasteiger partial charge in [-0.25, -0.2) is 4.99 Å². The first-order chi connectivity index (χ1) is 7.26. The molecular formula is C12H15NO2. The minimum absolute atomic E-state index is 0.136. The maximum Gasteiger partial charge on any atom is 0.245 e. The van der Waals surface area contributed by atoms with Crippen molar-refractivity contribution < 1.29 is 9.53 Å². The summed E-state index contributed by atoms with van der Waals surface area (Å²) in [7, 11) is 1.64. The van der Waals surface area contributed by atoms with Crippen molar-refractivity contribution in [3.63, 3.8) is 0 Å². The average Bonchev–Trinajstić information content (AvgIpc) is 2.29. The van der Waals surface area contributed by atoms with E-state index in [0.717, 1.165) is 18.6 Å². The second kappa shape index (κ2) is 5.96. The third kappa shape index (κ3) is 3.94. The fourth-order valence-corrected chi connectivity index (χ4v) is 1.31. The molecular weight excluding hydrogens is 190 g/mol. The Balaban J connectivity index is 2.37. The van der Waals surface area contributed by atoms with Crippen LogP contribution in [0.3, 0.4) is 0 Å². The number of benzene rings is 1. The number of aliphatic imine (C=N–C) groups is 1. The van der Waals surface area contributed by atoms with E-state index in [-0.39, 0.29) is 5.91 Å². The van der Waals surface area contributed by atoms with Gasteiger partial charge in [0, 0.05) is 6.42 Å². The Hall–Kier alpha value is -1.64. The minimum Gasteiger partial charge on any atom is -0.497 e. The zero-order valence-electron chi connectivity index (χ0n) is 8.90. The predicted molar refractivity (Wildman–Crippen MR) is 60.5 cm³/mol. The molecule has 0 aromatic heterocycles. The van der Waals surface area contributed by atoms with Gasteiger partial charge in [0.1, 0.15) is 5.75 Å². The van der Waals surface area contributed by atoms with Gasteiger partial charge in [-0.1, -0.05) is 12.1 Å². The molecule has 3 heteroatoms. The van der Waals surface area contributed by atoms with Gasteiger partial charge in [0.25, 0.3) is 0 Å². The number of methoxy groups -OCH3 is 1. The lowest BCUT2D eigenvalue weighted by Crippen LogP contribution is -1.94. The van der Waals surface area contributed by atoms with Crippen LogP contribution in [0.5, 0.6) is 5.75 Å². The molecule has 0 radical (unpaired) electrons. The number of nitrogens with zero attached hydrogens (tertiary/aromatic N) is 1. The van der Waals surface area contributed by atoms with Gasteiger partial charge in [-0.15, -0.1) is 0 Å². The third-order valence-electron chi connectivity index (χ3n) is 2.19. The first kappa shape index (κ1) is 11.4. The highest BCUT2D eigenvalue weighted by atomic mass is 16.5. The maximum atomic E-state index is 10.9. The number of ether oxygens (including phenoxy) is 1. The molecule has 0 aliphatic carbocycles. The topological polar surface area (TPSA) is 38.7 Å². The minimum atomic E-state index is -0.136. The van der Waals surface area contributed by atoms with Crippen LogP contribution in [0.25, 0.3) is 0 Å². The second-order valence-corrected chi connectivity index (χ2v) is 3.25. The smallest absolute Gasteiger partial charge is 0.245 e. The third-order valence-corrected chi connectivity index (χ3v) is 2.19. The zero-order chi connectivity index (χ0) is 11.1. The Labute approximate surface area is 89.8 Å². The number of aryl methyl sites for hydroxylation is 1. The molecule has 0 fully saturated rings. The van der Waals surface area contributed by atoms with Crippen LogP contribution in [0.15, 0.2) is 29.3 Å². The molecule has 0 heterocycles. The van der Waals surface area contributed by atoms with Crippen LogP contribution in [0.1, 0.15) is 18.4 Å². The summed E-state index contributed by atoms with van der Waals surface area (Å²) in [5.74, 6) is 0.714. The highest BCUT2D eigenvalue weighted by Gasteiger charge is 1.98. The summed E-state index contributed by atoms with van der Waals surface area (Å²) in [5.41, 5.74) is 1.20. The SMILES string of the molecule is C=NC(=O)CCCc1ccc(OC)cc1. The lowest BCUT2D eigenvalue weighted by atomic mass is 10.1. The van der Waals surface area contributed by atoms with Gasteiger partial charge < -0.3 is 4.74 Å². The van der Waals surface area contributed by atoms with E-state index < -0.39 is 0 Å². The largest absolute Gasteiger partial charge is 0.497 e. The molecule has 0 unspecified atom stereocenters. The highest BCUT2D eigenvalue weighted by Crippen LogP contribution is 2.13. The first-order valence-corrected chi connectivity index (χ1v) is 4.88. The molecule has 1 rings (SSSR count). The van der Waals surface area contributed by atoms with E-state index in [4.69, 9.17) is 4.74 Å². The van der Waals surface area contributed by atoms with Crippen molar-refractivity contribution in [2.75, 3.05) is 7.11 Å². The number of carbonyl (C=O) groups excluding carboxylic acids is 1. The first-order valence-electron chi connectivity index (χ1n) is 4.88. The van der Waals surface area contributed by atoms with Crippen LogP contribution in [0.2, 0.25) is 0 Å². The lowest BCUT2D eigenvalue weighted by Gasteiger charge is -2.02. The van der Waals surface area contributed by atoms with Gasteiger partial charge in [0.05, 0.1) is 7.11 Å². The zero-order valence-corrected chi connectivity index (χ0v) is 8.90. The predicted octanol–water partition coefficient (Wildman–Crippen LogP) is 2.25. The molecule has 0 saturated carbocycles. The Bertz CT molecular complexity index is 330. The van der Waals surface area contributed by atoms with Crippen LogP contribution in [-0.2, 0) is 11.2 Å². The Morgan fingerprint density at radius 3 is 2.60 bits per heavy atom. The molecule has 0 N–H and O–H groups in total. The Morgan fingerprint density at radius 2 is 2.07 bits per heavy atom. The second-order valence-electron chi connectivity index (χ2n) is 3.25. The number of hydrogen-bond acceptors (Lipinski definition) is 2. The summed E-state index contributed by atoms with van der Waals surface area (Å²) in [6.07, 6.45) is 2.16. The van der Waals surface area contributed by atoms with Crippen molar-refractivity contribution in [2.24, 2.45) is 4.99 Å². The van der Waals surface area contributed by atoms with E-state index in [2.05, 4.69) is 11.7 Å². The number of carbonyl (C=O) groups is 1. The van der Waals surface area contributed by atoms with Gasteiger partial charge in [0.2, 0.25) is 5.91 Å². The van der Waals surface area contributed by atoms with E-state index >= 15 is 0 Å². The Kier molecular flexibility index (Phi) is 4.54. The van der Waals surface area contributed by atoms with Crippen LogP contribution >= 0.6 is 0 Å². The molecule has 0 spiro atoms. The van der Waals surface area contributed by atoms with Crippen LogP contribution in [0, 0.1) is 0 Å². The number of amides is 1. The molecule has 0 aliphatic heterocycles. The van der Waals surface area contributed by atoms with Crippen molar-refractivity contribution >= 4 is 12.6 Å². The van der Waals surface area contributed by atoms with Crippen molar-refractivity contribution in [1.82, 2.24) is 0 Å². The van der Waals surface area contributed by atoms with Crippen molar-refractivity contribution in [3.05, 3.63) is 29.8 Å². The molecule has 1 amide bonds. The molecule has 0 bridgehead atoms. The fraction of sp³-hybridized carbons (Fsp3) is 0.333. The van der Waals surface area contributed by atoms with Crippen molar-refractivity contribution in [3.8, 4) is 5.75 Å². The number of rotatable bonds is 5. The fourth-order valence-electron chi connectivity index (χ4n) is 1.31. The van der Waals surface area contributed by atoms with Crippen LogP contribution in [-0.4, -0.2) is 19.7 Å². The van der Waals surface area contributed by atoms with E-state index in [1.165, 1.54) is 5.56 Å². The molecule has 0 atom stereocenters. The molecule has 80 valence electrons. The van der Waals surface area contributed by atoms with E-state index in [9.17, 15) is 4.79 Å². The van der Waals surface area contributed by atoms with Crippen LogP contribution in [0.4, 0.5) is 0 Å². The molecule has 0 aliphatic rings. The summed E-state index contributed by atoms with van der Waals surface area (Å²) in [6.45, 7) is 3.19. The van der Waals surface area contributed by atoms with Gasteiger partial charge in [-0.05, 0) is 37.3 Å². The standard InChI is InChI=1S/C12H15NO2/c1-13-12(14)5-3-4-10-6-8-11(15-2)9-7-10/h6-9H,1,3-5H2,2H3. The van der Waals surface area contributed by atoms with E-state index in [0.29, 0.717) is 6.42 Å². The van der Waals surface area contributed by atoms with Gasteiger partial charge >= 0.3 is 0 Å². The average molecular weight is 205 g/mol. The number of hydrogen-bond donors (Lipinski definition) is 0. The van der Waals surface area contributed by atoms with E-state index in [1.54, 1.807) is 7.11 Å². The summed E-state index contributed by atoms with van der Waals surface area (Å²) >= 11 is 0. The maximum absolute atomic E-state index is 10.9. The van der Waals surface area contributed by atoms with Crippen LogP contribution < -0.4 is 4.74 Å². The quantitative estimate of drug-likeness (QED) is 0.691. The van der Waals surface area contributed by atoms with Crippen molar-refractivity contribution in [1.29, 1.82) is 0 Å². The monoisotopic (exact) mass is 205 g/mol. The Morgan fingerprint density at radius 1 is 1.40 bits per heavy atom. The molecule has 15 heavy (non-hydrogen) atoms. The van der Waals surface area contributed by atoms with Crippen molar-refractivity contribution in [2.45, 2.75) is 19.3 Å². The molecule has 0 saturated heterocycles. The summed E-state index contributed by atoms with van der Waals surface area (Å²) < 4.78 is 5.05. The normalized spacial score (nSPS) is 9.67. The van der Waals surface area contributed by atoms with E-state index in [1.807, 2.05) is 24.3 Å². The van der Waals surface area contributed by atoms with Gasteiger partial charge in [0.15, 0.2) is 0 Å². The lowest BCUT2D eigenvalue weighted by molar-refractivity contribution is -0.117. The molecule has 1 aromatic rings.